The summed E-state index contributed by atoms with van der Waals surface area (Å²) < 4.78 is 2.45. The van der Waals surface area contributed by atoms with Crippen molar-refractivity contribution >= 4 is 38.5 Å². The van der Waals surface area contributed by atoms with E-state index in [0.29, 0.717) is 0 Å². The van der Waals surface area contributed by atoms with Crippen molar-refractivity contribution in [1.29, 1.82) is 0 Å². The number of rotatable bonds is 0. The van der Waals surface area contributed by atoms with E-state index < -0.39 is 0 Å². The van der Waals surface area contributed by atoms with Gasteiger partial charge in [0.25, 0.3) is 0 Å². The van der Waals surface area contributed by atoms with E-state index in [-0.39, 0.29) is 6.04 Å². The summed E-state index contributed by atoms with van der Waals surface area (Å²) in [6.07, 6.45) is 3.53. The Morgan fingerprint density at radius 1 is 1.46 bits per heavy atom. The summed E-state index contributed by atoms with van der Waals surface area (Å²) >= 11 is 5.88. The standard InChI is InChI=1S/C10H11BrIN/c11-8-4-6-2-1-3-10(13)7(6)5-9(8)12/h4-5,10H,1-3,13H2/t10-/m0/s1. The van der Waals surface area contributed by atoms with Crippen molar-refractivity contribution in [2.75, 3.05) is 0 Å². The van der Waals surface area contributed by atoms with Gasteiger partial charge in [0.15, 0.2) is 0 Å². The molecule has 0 heterocycles. The third kappa shape index (κ3) is 1.92. The van der Waals surface area contributed by atoms with Gasteiger partial charge in [0, 0.05) is 14.1 Å². The van der Waals surface area contributed by atoms with Crippen molar-refractivity contribution in [2.24, 2.45) is 5.73 Å². The molecule has 0 spiro atoms. The Morgan fingerprint density at radius 3 is 3.00 bits per heavy atom. The SMILES string of the molecule is N[C@H]1CCCc2cc(Br)c(I)cc21. The molecule has 0 aliphatic heterocycles. The topological polar surface area (TPSA) is 26.0 Å². The molecule has 1 aliphatic rings. The summed E-state index contributed by atoms with van der Waals surface area (Å²) in [4.78, 5) is 0. The molecule has 1 atom stereocenters. The van der Waals surface area contributed by atoms with Gasteiger partial charge in [-0.1, -0.05) is 0 Å². The predicted molar refractivity (Wildman–Crippen MR) is 66.7 cm³/mol. The molecule has 70 valence electrons. The molecule has 13 heavy (non-hydrogen) atoms. The van der Waals surface area contributed by atoms with E-state index in [1.165, 1.54) is 32.0 Å². The van der Waals surface area contributed by atoms with Gasteiger partial charge in [0.2, 0.25) is 0 Å². The molecule has 0 unspecified atom stereocenters. The van der Waals surface area contributed by atoms with E-state index in [1.54, 1.807) is 0 Å². The van der Waals surface area contributed by atoms with E-state index in [2.05, 4.69) is 50.7 Å². The zero-order valence-electron chi connectivity index (χ0n) is 7.19. The van der Waals surface area contributed by atoms with E-state index >= 15 is 0 Å². The van der Waals surface area contributed by atoms with Crippen LogP contribution in [0.1, 0.15) is 30.0 Å². The predicted octanol–water partition coefficient (Wildman–Crippen LogP) is 3.39. The van der Waals surface area contributed by atoms with Gasteiger partial charge in [-0.15, -0.1) is 0 Å². The fourth-order valence-electron chi connectivity index (χ4n) is 1.83. The van der Waals surface area contributed by atoms with Crippen LogP contribution in [-0.4, -0.2) is 0 Å². The molecule has 2 N–H and O–H groups in total. The third-order valence-electron chi connectivity index (χ3n) is 2.54. The molecule has 0 bridgehead atoms. The Morgan fingerprint density at radius 2 is 2.23 bits per heavy atom. The van der Waals surface area contributed by atoms with E-state index in [1.807, 2.05) is 0 Å². The second kappa shape index (κ2) is 3.87. The largest absolute Gasteiger partial charge is 0.324 e. The summed E-state index contributed by atoms with van der Waals surface area (Å²) in [7, 11) is 0. The molecule has 1 aliphatic carbocycles. The monoisotopic (exact) mass is 351 g/mol. The van der Waals surface area contributed by atoms with Gasteiger partial charge in [-0.25, -0.2) is 0 Å². The maximum Gasteiger partial charge on any atom is 0.0311 e. The van der Waals surface area contributed by atoms with Gasteiger partial charge in [0.05, 0.1) is 0 Å². The van der Waals surface area contributed by atoms with Crippen LogP contribution in [0.15, 0.2) is 16.6 Å². The molecule has 1 aromatic rings. The van der Waals surface area contributed by atoms with Crippen molar-refractivity contribution in [3.05, 3.63) is 31.3 Å². The fraction of sp³-hybridized carbons (Fsp3) is 0.400. The second-order valence-electron chi connectivity index (χ2n) is 3.46. The Hall–Kier alpha value is 0.390. The van der Waals surface area contributed by atoms with Crippen LogP contribution in [0.2, 0.25) is 0 Å². The first kappa shape index (κ1) is 9.93. The molecule has 0 fully saturated rings. The van der Waals surface area contributed by atoms with Crippen LogP contribution in [0.25, 0.3) is 0 Å². The number of nitrogens with two attached hydrogens (primary N) is 1. The van der Waals surface area contributed by atoms with Gasteiger partial charge in [-0.3, -0.25) is 0 Å². The van der Waals surface area contributed by atoms with Crippen LogP contribution < -0.4 is 5.73 Å². The maximum absolute atomic E-state index is 6.05. The van der Waals surface area contributed by atoms with Crippen molar-refractivity contribution < 1.29 is 0 Å². The number of halogens is 2. The first-order valence-corrected chi connectivity index (χ1v) is 6.29. The first-order valence-electron chi connectivity index (χ1n) is 4.42. The second-order valence-corrected chi connectivity index (χ2v) is 5.48. The van der Waals surface area contributed by atoms with E-state index in [4.69, 9.17) is 5.73 Å². The molecular weight excluding hydrogens is 341 g/mol. The minimum Gasteiger partial charge on any atom is -0.324 e. The van der Waals surface area contributed by atoms with Crippen LogP contribution >= 0.6 is 38.5 Å². The minimum absolute atomic E-state index is 0.255. The highest BCUT2D eigenvalue weighted by atomic mass is 127. The third-order valence-corrected chi connectivity index (χ3v) is 4.83. The van der Waals surface area contributed by atoms with Crippen molar-refractivity contribution in [1.82, 2.24) is 0 Å². The highest BCUT2D eigenvalue weighted by Crippen LogP contribution is 2.32. The Kier molecular flexibility index (Phi) is 2.95. The molecule has 0 aromatic heterocycles. The zero-order chi connectivity index (χ0) is 9.42. The van der Waals surface area contributed by atoms with Gasteiger partial charge >= 0.3 is 0 Å². The van der Waals surface area contributed by atoms with Gasteiger partial charge in [0.1, 0.15) is 0 Å². The molecule has 0 saturated carbocycles. The van der Waals surface area contributed by atoms with Crippen molar-refractivity contribution in [2.45, 2.75) is 25.3 Å². The smallest absolute Gasteiger partial charge is 0.0311 e. The van der Waals surface area contributed by atoms with E-state index in [9.17, 15) is 0 Å². The van der Waals surface area contributed by atoms with Crippen LogP contribution in [0.3, 0.4) is 0 Å². The molecule has 3 heteroatoms. The molecule has 1 nitrogen and oxygen atoms in total. The summed E-state index contributed by atoms with van der Waals surface area (Å²) in [5.41, 5.74) is 8.82. The molecule has 1 aromatic carbocycles. The highest BCUT2D eigenvalue weighted by molar-refractivity contribution is 14.1. The lowest BCUT2D eigenvalue weighted by atomic mass is 9.88. The van der Waals surface area contributed by atoms with Gasteiger partial charge in [-0.2, -0.15) is 0 Å². The summed E-state index contributed by atoms with van der Waals surface area (Å²) in [5.74, 6) is 0. The molecule has 2 rings (SSSR count). The first-order chi connectivity index (χ1) is 6.18. The van der Waals surface area contributed by atoms with Gasteiger partial charge in [-0.05, 0) is 81.0 Å². The number of fused-ring (bicyclic) bond motifs is 1. The highest BCUT2D eigenvalue weighted by Gasteiger charge is 2.17. The average Bonchev–Trinajstić information content (AvgIpc) is 2.09. The number of hydrogen-bond donors (Lipinski definition) is 1. The number of hydrogen-bond acceptors (Lipinski definition) is 1. The molecule has 0 amide bonds. The summed E-state index contributed by atoms with van der Waals surface area (Å²) in [6.45, 7) is 0. The number of benzene rings is 1. The maximum atomic E-state index is 6.05. The van der Waals surface area contributed by atoms with Crippen LogP contribution in [0.4, 0.5) is 0 Å². The average molecular weight is 352 g/mol. The van der Waals surface area contributed by atoms with Crippen molar-refractivity contribution in [3.63, 3.8) is 0 Å². The molecular formula is C10H11BrIN. The van der Waals surface area contributed by atoms with E-state index in [0.717, 1.165) is 6.42 Å². The van der Waals surface area contributed by atoms with Crippen LogP contribution in [0.5, 0.6) is 0 Å². The van der Waals surface area contributed by atoms with Crippen LogP contribution in [0, 0.1) is 3.57 Å². The normalized spacial score (nSPS) is 21.3. The fourth-order valence-corrected chi connectivity index (χ4v) is 2.72. The lowest BCUT2D eigenvalue weighted by Gasteiger charge is -2.22. The zero-order valence-corrected chi connectivity index (χ0v) is 10.9. The quantitative estimate of drug-likeness (QED) is 0.712. The Balaban J connectivity index is 2.52. The molecule has 0 radical (unpaired) electrons. The lowest BCUT2D eigenvalue weighted by molar-refractivity contribution is 0.570. The lowest BCUT2D eigenvalue weighted by Crippen LogP contribution is -2.17. The Bertz CT molecular complexity index is 338. The van der Waals surface area contributed by atoms with Crippen molar-refractivity contribution in [3.8, 4) is 0 Å². The summed E-state index contributed by atoms with van der Waals surface area (Å²) in [5, 5.41) is 0. The number of aryl methyl sites for hydroxylation is 1. The minimum atomic E-state index is 0.255. The van der Waals surface area contributed by atoms with Crippen LogP contribution in [-0.2, 0) is 6.42 Å². The summed E-state index contributed by atoms with van der Waals surface area (Å²) in [6, 6.07) is 4.69. The Labute approximate surface area is 100 Å². The molecule has 0 saturated heterocycles. The van der Waals surface area contributed by atoms with Gasteiger partial charge < -0.3 is 5.73 Å².